The zero-order valence-corrected chi connectivity index (χ0v) is 11.4. The zero-order chi connectivity index (χ0) is 13.6. The van der Waals surface area contributed by atoms with Gasteiger partial charge in [-0.15, -0.1) is 0 Å². The highest BCUT2D eigenvalue weighted by Crippen LogP contribution is 2.26. The van der Waals surface area contributed by atoms with Gasteiger partial charge in [0, 0.05) is 11.2 Å². The molecule has 2 heterocycles. The first kappa shape index (κ1) is 12.0. The zero-order valence-electron chi connectivity index (χ0n) is 10.7. The molecule has 19 heavy (non-hydrogen) atoms. The summed E-state index contributed by atoms with van der Waals surface area (Å²) in [6.07, 6.45) is 1.76. The van der Waals surface area contributed by atoms with Crippen molar-refractivity contribution in [3.63, 3.8) is 0 Å². The Hall–Kier alpha value is -2.07. The van der Waals surface area contributed by atoms with Crippen LogP contribution in [0, 0.1) is 13.8 Å². The molecule has 0 spiro atoms. The van der Waals surface area contributed by atoms with E-state index in [9.17, 15) is 0 Å². The summed E-state index contributed by atoms with van der Waals surface area (Å²) in [5, 5.41) is 0.700. The molecule has 96 valence electrons. The van der Waals surface area contributed by atoms with E-state index in [0.717, 1.165) is 28.0 Å². The number of aromatic nitrogens is 3. The molecule has 0 bridgehead atoms. The Kier molecular flexibility index (Phi) is 2.68. The first-order chi connectivity index (χ1) is 9.08. The lowest BCUT2D eigenvalue weighted by atomic mass is 10.2. The second-order valence-electron chi connectivity index (χ2n) is 4.54. The molecule has 2 aromatic heterocycles. The van der Waals surface area contributed by atoms with Crippen LogP contribution in [0.1, 0.15) is 11.1 Å². The second kappa shape index (κ2) is 4.24. The summed E-state index contributed by atoms with van der Waals surface area (Å²) in [6.45, 7) is 3.95. The fraction of sp³-hybridized carbons (Fsp3) is 0.143. The highest BCUT2D eigenvalue weighted by molar-refractivity contribution is 6.31. The number of rotatable bonds is 1. The Morgan fingerprint density at radius 2 is 1.95 bits per heavy atom. The van der Waals surface area contributed by atoms with E-state index in [-0.39, 0.29) is 0 Å². The molecule has 0 atom stereocenters. The minimum atomic E-state index is 0.414. The van der Waals surface area contributed by atoms with Gasteiger partial charge in [0.25, 0.3) is 0 Å². The number of nitrogen functional groups attached to an aromatic ring is 1. The highest BCUT2D eigenvalue weighted by atomic mass is 35.5. The smallest absolute Gasteiger partial charge is 0.207 e. The van der Waals surface area contributed by atoms with Crippen molar-refractivity contribution in [2.75, 3.05) is 5.73 Å². The van der Waals surface area contributed by atoms with Crippen LogP contribution < -0.4 is 5.73 Å². The lowest BCUT2D eigenvalue weighted by Gasteiger charge is -2.07. The van der Waals surface area contributed by atoms with Crippen LogP contribution in [-0.2, 0) is 0 Å². The Morgan fingerprint density at radius 3 is 2.68 bits per heavy atom. The number of pyridine rings is 1. The minimum absolute atomic E-state index is 0.414. The van der Waals surface area contributed by atoms with Gasteiger partial charge in [-0.3, -0.25) is 4.57 Å². The SMILES string of the molecule is Cc1ccc(-n2c(N)nc3c(C)ccnc32)cc1Cl. The van der Waals surface area contributed by atoms with Gasteiger partial charge in [-0.25, -0.2) is 9.97 Å². The van der Waals surface area contributed by atoms with E-state index in [1.54, 1.807) is 6.20 Å². The maximum atomic E-state index is 6.17. The lowest BCUT2D eigenvalue weighted by molar-refractivity contribution is 1.08. The summed E-state index contributed by atoms with van der Waals surface area (Å²) in [4.78, 5) is 8.74. The van der Waals surface area contributed by atoms with E-state index in [1.807, 2.05) is 42.7 Å². The second-order valence-corrected chi connectivity index (χ2v) is 4.95. The quantitative estimate of drug-likeness (QED) is 0.740. The number of hydrogen-bond donors (Lipinski definition) is 1. The molecule has 0 unspecified atom stereocenters. The third-order valence-electron chi connectivity index (χ3n) is 3.19. The summed E-state index contributed by atoms with van der Waals surface area (Å²) < 4.78 is 1.81. The van der Waals surface area contributed by atoms with Gasteiger partial charge in [0.1, 0.15) is 5.52 Å². The van der Waals surface area contributed by atoms with Crippen LogP contribution >= 0.6 is 11.6 Å². The van der Waals surface area contributed by atoms with Gasteiger partial charge in [-0.1, -0.05) is 17.7 Å². The molecule has 0 saturated heterocycles. The van der Waals surface area contributed by atoms with Gasteiger partial charge < -0.3 is 5.73 Å². The van der Waals surface area contributed by atoms with Gasteiger partial charge in [-0.2, -0.15) is 0 Å². The molecule has 1 aromatic carbocycles. The summed E-state index contributed by atoms with van der Waals surface area (Å²) in [5.74, 6) is 0.414. The number of nitrogens with two attached hydrogens (primary N) is 1. The maximum Gasteiger partial charge on any atom is 0.207 e. The van der Waals surface area contributed by atoms with E-state index < -0.39 is 0 Å². The fourth-order valence-electron chi connectivity index (χ4n) is 2.09. The predicted octanol–water partition coefficient (Wildman–Crippen LogP) is 3.27. The normalized spacial score (nSPS) is 11.1. The molecule has 5 heteroatoms. The Bertz CT molecular complexity index is 776. The first-order valence-corrected chi connectivity index (χ1v) is 6.32. The molecule has 0 fully saturated rings. The minimum Gasteiger partial charge on any atom is -0.369 e. The maximum absolute atomic E-state index is 6.17. The van der Waals surface area contributed by atoms with Crippen LogP contribution in [0.15, 0.2) is 30.5 Å². The standard InChI is InChI=1S/C14H13ClN4/c1-8-3-4-10(7-11(8)15)19-13-12(18-14(19)16)9(2)5-6-17-13/h3-7H,1-2H3,(H2,16,18). The molecule has 0 aliphatic rings. The molecule has 0 amide bonds. The van der Waals surface area contributed by atoms with Gasteiger partial charge in [-0.05, 0) is 43.2 Å². The summed E-state index contributed by atoms with van der Waals surface area (Å²) in [6, 6.07) is 7.71. The van der Waals surface area contributed by atoms with Crippen molar-refractivity contribution in [2.45, 2.75) is 13.8 Å². The lowest BCUT2D eigenvalue weighted by Crippen LogP contribution is -2.01. The van der Waals surface area contributed by atoms with Gasteiger partial charge in [0.05, 0.1) is 5.69 Å². The van der Waals surface area contributed by atoms with E-state index in [2.05, 4.69) is 9.97 Å². The topological polar surface area (TPSA) is 56.7 Å². The number of fused-ring (bicyclic) bond motifs is 1. The van der Waals surface area contributed by atoms with Crippen LogP contribution in [-0.4, -0.2) is 14.5 Å². The molecule has 2 N–H and O–H groups in total. The number of hydrogen-bond acceptors (Lipinski definition) is 3. The third-order valence-corrected chi connectivity index (χ3v) is 3.59. The first-order valence-electron chi connectivity index (χ1n) is 5.94. The molecule has 3 aromatic rings. The number of aryl methyl sites for hydroxylation is 2. The van der Waals surface area contributed by atoms with Gasteiger partial charge >= 0.3 is 0 Å². The largest absolute Gasteiger partial charge is 0.369 e. The molecule has 0 saturated carbocycles. The van der Waals surface area contributed by atoms with Crippen molar-refractivity contribution in [1.29, 1.82) is 0 Å². The number of anilines is 1. The molecule has 4 nitrogen and oxygen atoms in total. The fourth-order valence-corrected chi connectivity index (χ4v) is 2.26. The molecule has 0 radical (unpaired) electrons. The van der Waals surface area contributed by atoms with E-state index in [1.165, 1.54) is 0 Å². The van der Waals surface area contributed by atoms with Gasteiger partial charge in [0.2, 0.25) is 5.95 Å². The van der Waals surface area contributed by atoms with Crippen LogP contribution in [0.25, 0.3) is 16.9 Å². The number of benzene rings is 1. The van der Waals surface area contributed by atoms with E-state index in [4.69, 9.17) is 17.3 Å². The monoisotopic (exact) mass is 272 g/mol. The van der Waals surface area contributed by atoms with Crippen LogP contribution in [0.4, 0.5) is 5.95 Å². The van der Waals surface area contributed by atoms with Crippen molar-refractivity contribution in [1.82, 2.24) is 14.5 Å². The number of nitrogens with zero attached hydrogens (tertiary/aromatic N) is 3. The number of imidazole rings is 1. The average Bonchev–Trinajstić information content (AvgIpc) is 2.71. The Labute approximate surface area is 115 Å². The van der Waals surface area contributed by atoms with Crippen molar-refractivity contribution in [2.24, 2.45) is 0 Å². The van der Waals surface area contributed by atoms with Crippen molar-refractivity contribution in [3.05, 3.63) is 46.6 Å². The summed E-state index contributed by atoms with van der Waals surface area (Å²) in [5.41, 5.74) is 10.5. The number of halogens is 1. The Balaban J connectivity index is 2.33. The molecular weight excluding hydrogens is 260 g/mol. The predicted molar refractivity (Wildman–Crippen MR) is 77.8 cm³/mol. The van der Waals surface area contributed by atoms with Gasteiger partial charge in [0.15, 0.2) is 5.65 Å². The Morgan fingerprint density at radius 1 is 1.16 bits per heavy atom. The third kappa shape index (κ3) is 1.85. The van der Waals surface area contributed by atoms with Crippen molar-refractivity contribution >= 4 is 28.7 Å². The van der Waals surface area contributed by atoms with E-state index >= 15 is 0 Å². The molecule has 0 aliphatic carbocycles. The van der Waals surface area contributed by atoms with Crippen molar-refractivity contribution in [3.8, 4) is 5.69 Å². The van der Waals surface area contributed by atoms with Crippen LogP contribution in [0.5, 0.6) is 0 Å². The average molecular weight is 273 g/mol. The summed E-state index contributed by atoms with van der Waals surface area (Å²) in [7, 11) is 0. The molecule has 0 aliphatic heterocycles. The summed E-state index contributed by atoms with van der Waals surface area (Å²) >= 11 is 6.17. The van der Waals surface area contributed by atoms with Crippen molar-refractivity contribution < 1.29 is 0 Å². The molecular formula is C14H13ClN4. The molecule has 3 rings (SSSR count). The van der Waals surface area contributed by atoms with Crippen LogP contribution in [0.3, 0.4) is 0 Å². The van der Waals surface area contributed by atoms with Crippen LogP contribution in [0.2, 0.25) is 5.02 Å². The highest BCUT2D eigenvalue weighted by Gasteiger charge is 2.13. The van der Waals surface area contributed by atoms with E-state index in [0.29, 0.717) is 11.0 Å².